The molecule has 21 heavy (non-hydrogen) atoms. The maximum absolute atomic E-state index is 5.79. The molecule has 0 saturated carbocycles. The molecule has 0 amide bonds. The lowest BCUT2D eigenvalue weighted by Gasteiger charge is -2.12. The van der Waals surface area contributed by atoms with Gasteiger partial charge in [-0.15, -0.1) is 0 Å². The lowest BCUT2D eigenvalue weighted by Crippen LogP contribution is -2.18. The van der Waals surface area contributed by atoms with E-state index >= 15 is 0 Å². The van der Waals surface area contributed by atoms with Crippen molar-refractivity contribution in [3.63, 3.8) is 0 Å². The van der Waals surface area contributed by atoms with Crippen LogP contribution in [0.1, 0.15) is 30.2 Å². The van der Waals surface area contributed by atoms with Crippen LogP contribution in [-0.2, 0) is 19.5 Å². The monoisotopic (exact) mass is 349 g/mol. The van der Waals surface area contributed by atoms with Crippen LogP contribution in [-0.4, -0.2) is 22.9 Å². The molecule has 112 valence electrons. The first kappa shape index (κ1) is 14.6. The van der Waals surface area contributed by atoms with Crippen LogP contribution in [0.4, 0.5) is 0 Å². The summed E-state index contributed by atoms with van der Waals surface area (Å²) in [5.41, 5.74) is 3.68. The van der Waals surface area contributed by atoms with Crippen LogP contribution in [0.25, 0.3) is 0 Å². The van der Waals surface area contributed by atoms with Gasteiger partial charge >= 0.3 is 0 Å². The first-order valence-electron chi connectivity index (χ1n) is 7.43. The number of fused-ring (bicyclic) bond motifs is 1. The zero-order chi connectivity index (χ0) is 14.7. The average Bonchev–Trinajstić information content (AvgIpc) is 3.08. The highest BCUT2D eigenvalue weighted by molar-refractivity contribution is 9.10. The van der Waals surface area contributed by atoms with Gasteiger partial charge in [0.2, 0.25) is 0 Å². The topological polar surface area (TPSA) is 39.1 Å². The van der Waals surface area contributed by atoms with Crippen molar-refractivity contribution in [1.82, 2.24) is 15.1 Å². The smallest absolute Gasteiger partial charge is 0.127 e. The number of ether oxygens (including phenoxy) is 1. The molecule has 2 aromatic rings. The fourth-order valence-electron chi connectivity index (χ4n) is 2.67. The summed E-state index contributed by atoms with van der Waals surface area (Å²) in [4.78, 5) is 0. The molecule has 0 bridgehead atoms. The van der Waals surface area contributed by atoms with Gasteiger partial charge in [0, 0.05) is 29.2 Å². The predicted molar refractivity (Wildman–Crippen MR) is 86.7 cm³/mol. The van der Waals surface area contributed by atoms with Gasteiger partial charge in [-0.1, -0.05) is 22.9 Å². The standard InChI is InChI=1S/C16H20BrN3O/c1-2-5-18-10-15-3-6-19-20(15)11-13-9-14(17)8-12-4-7-21-16(12)13/h3,6,8-9,18H,2,4-5,7,10-11H2,1H3. The number of nitrogens with zero attached hydrogens (tertiary/aromatic N) is 2. The molecule has 1 aliphatic heterocycles. The van der Waals surface area contributed by atoms with Crippen LogP contribution in [0.5, 0.6) is 5.75 Å². The Bertz CT molecular complexity index is 624. The molecule has 0 spiro atoms. The lowest BCUT2D eigenvalue weighted by atomic mass is 10.1. The normalized spacial score (nSPS) is 13.2. The highest BCUT2D eigenvalue weighted by atomic mass is 79.9. The predicted octanol–water partition coefficient (Wildman–Crippen LogP) is 3.13. The Hall–Kier alpha value is -1.33. The highest BCUT2D eigenvalue weighted by Gasteiger charge is 2.18. The number of halogens is 1. The molecular formula is C16H20BrN3O. The van der Waals surface area contributed by atoms with Gasteiger partial charge in [0.15, 0.2) is 0 Å². The van der Waals surface area contributed by atoms with E-state index < -0.39 is 0 Å². The number of aromatic nitrogens is 2. The Labute approximate surface area is 133 Å². The Kier molecular flexibility index (Phi) is 4.60. The van der Waals surface area contributed by atoms with Gasteiger partial charge in [-0.2, -0.15) is 5.10 Å². The third-order valence-electron chi connectivity index (χ3n) is 3.68. The zero-order valence-corrected chi connectivity index (χ0v) is 13.8. The quantitative estimate of drug-likeness (QED) is 0.814. The summed E-state index contributed by atoms with van der Waals surface area (Å²) in [6.45, 7) is 5.58. The maximum Gasteiger partial charge on any atom is 0.127 e. The first-order valence-corrected chi connectivity index (χ1v) is 8.22. The minimum atomic E-state index is 0.748. The van der Waals surface area contributed by atoms with E-state index in [4.69, 9.17) is 4.74 Å². The second-order valence-corrected chi connectivity index (χ2v) is 6.22. The van der Waals surface area contributed by atoms with Crippen LogP contribution >= 0.6 is 15.9 Å². The molecule has 0 atom stereocenters. The largest absolute Gasteiger partial charge is 0.493 e. The lowest BCUT2D eigenvalue weighted by molar-refractivity contribution is 0.352. The molecule has 3 rings (SSSR count). The van der Waals surface area contributed by atoms with Crippen molar-refractivity contribution in [3.8, 4) is 5.75 Å². The van der Waals surface area contributed by atoms with Gasteiger partial charge < -0.3 is 10.1 Å². The molecular weight excluding hydrogens is 330 g/mol. The summed E-state index contributed by atoms with van der Waals surface area (Å²) in [6, 6.07) is 6.36. The van der Waals surface area contributed by atoms with E-state index in [-0.39, 0.29) is 0 Å². The van der Waals surface area contributed by atoms with Crippen molar-refractivity contribution in [3.05, 3.63) is 45.7 Å². The third-order valence-corrected chi connectivity index (χ3v) is 4.14. The van der Waals surface area contributed by atoms with E-state index in [1.807, 2.05) is 10.9 Å². The van der Waals surface area contributed by atoms with E-state index in [2.05, 4.69) is 51.5 Å². The van der Waals surface area contributed by atoms with Gasteiger partial charge in [0.05, 0.1) is 18.8 Å². The van der Waals surface area contributed by atoms with E-state index in [0.717, 1.165) is 49.3 Å². The molecule has 0 unspecified atom stereocenters. The Balaban J connectivity index is 1.80. The molecule has 1 aromatic heterocycles. The minimum Gasteiger partial charge on any atom is -0.493 e. The summed E-state index contributed by atoms with van der Waals surface area (Å²) >= 11 is 3.59. The van der Waals surface area contributed by atoms with Crippen LogP contribution in [0.15, 0.2) is 28.9 Å². The molecule has 0 saturated heterocycles. The molecule has 1 N–H and O–H groups in total. The van der Waals surface area contributed by atoms with Crippen molar-refractivity contribution in [2.75, 3.05) is 13.2 Å². The molecule has 5 heteroatoms. The number of nitrogens with one attached hydrogen (secondary N) is 1. The van der Waals surface area contributed by atoms with Crippen molar-refractivity contribution in [2.45, 2.75) is 32.9 Å². The van der Waals surface area contributed by atoms with E-state index in [1.54, 1.807) is 0 Å². The third kappa shape index (κ3) is 3.30. The SMILES string of the molecule is CCCNCc1ccnn1Cc1cc(Br)cc2c1OCC2. The molecule has 1 aliphatic rings. The second kappa shape index (κ2) is 6.62. The van der Waals surface area contributed by atoms with Crippen LogP contribution in [0.2, 0.25) is 0 Å². The number of hydrogen-bond donors (Lipinski definition) is 1. The summed E-state index contributed by atoms with van der Waals surface area (Å²) in [7, 11) is 0. The molecule has 0 radical (unpaired) electrons. The second-order valence-electron chi connectivity index (χ2n) is 5.31. The highest BCUT2D eigenvalue weighted by Crippen LogP contribution is 2.33. The summed E-state index contributed by atoms with van der Waals surface area (Å²) in [6.07, 6.45) is 3.99. The van der Waals surface area contributed by atoms with Gasteiger partial charge in [-0.05, 0) is 36.7 Å². The fourth-order valence-corrected chi connectivity index (χ4v) is 3.22. The molecule has 0 aliphatic carbocycles. The molecule has 0 fully saturated rings. The maximum atomic E-state index is 5.79. The van der Waals surface area contributed by atoms with E-state index in [0.29, 0.717) is 0 Å². The van der Waals surface area contributed by atoms with Crippen molar-refractivity contribution in [2.24, 2.45) is 0 Å². The van der Waals surface area contributed by atoms with Crippen molar-refractivity contribution >= 4 is 15.9 Å². The Morgan fingerprint density at radius 2 is 2.33 bits per heavy atom. The van der Waals surface area contributed by atoms with Crippen LogP contribution in [0.3, 0.4) is 0 Å². The minimum absolute atomic E-state index is 0.748. The van der Waals surface area contributed by atoms with Crippen LogP contribution < -0.4 is 10.1 Å². The number of hydrogen-bond acceptors (Lipinski definition) is 3. The fraction of sp³-hybridized carbons (Fsp3) is 0.438. The number of rotatable bonds is 6. The summed E-state index contributed by atoms with van der Waals surface area (Å²) < 4.78 is 8.95. The summed E-state index contributed by atoms with van der Waals surface area (Å²) in [5, 5.41) is 7.88. The molecule has 4 nitrogen and oxygen atoms in total. The van der Waals surface area contributed by atoms with E-state index in [1.165, 1.54) is 16.8 Å². The van der Waals surface area contributed by atoms with Gasteiger partial charge in [-0.3, -0.25) is 4.68 Å². The molecule has 2 heterocycles. The van der Waals surface area contributed by atoms with Gasteiger partial charge in [-0.25, -0.2) is 0 Å². The molecule has 1 aromatic carbocycles. The summed E-state index contributed by atoms with van der Waals surface area (Å²) in [5.74, 6) is 1.04. The Morgan fingerprint density at radius 1 is 1.43 bits per heavy atom. The first-order chi connectivity index (χ1) is 10.3. The van der Waals surface area contributed by atoms with Crippen molar-refractivity contribution < 1.29 is 4.74 Å². The Morgan fingerprint density at radius 3 is 3.19 bits per heavy atom. The van der Waals surface area contributed by atoms with Gasteiger partial charge in [0.25, 0.3) is 0 Å². The van der Waals surface area contributed by atoms with Crippen molar-refractivity contribution in [1.29, 1.82) is 0 Å². The number of benzene rings is 1. The average molecular weight is 350 g/mol. The van der Waals surface area contributed by atoms with Gasteiger partial charge in [0.1, 0.15) is 5.75 Å². The van der Waals surface area contributed by atoms with Crippen LogP contribution in [0, 0.1) is 0 Å². The zero-order valence-electron chi connectivity index (χ0n) is 12.2. The van der Waals surface area contributed by atoms with E-state index in [9.17, 15) is 0 Å².